The van der Waals surface area contributed by atoms with Crippen LogP contribution in [0.2, 0.25) is 0 Å². The van der Waals surface area contributed by atoms with Crippen LogP contribution in [0.4, 0.5) is 0 Å². The van der Waals surface area contributed by atoms with Crippen LogP contribution in [-0.2, 0) is 0 Å². The summed E-state index contributed by atoms with van der Waals surface area (Å²) in [5.41, 5.74) is 0.436. The summed E-state index contributed by atoms with van der Waals surface area (Å²) in [5.74, 6) is 3.06. The van der Waals surface area contributed by atoms with Gasteiger partial charge in [-0.1, -0.05) is 13.8 Å². The summed E-state index contributed by atoms with van der Waals surface area (Å²) in [6.45, 7) is 10.9. The van der Waals surface area contributed by atoms with Gasteiger partial charge in [0.15, 0.2) is 0 Å². The van der Waals surface area contributed by atoms with E-state index in [1.807, 2.05) is 11.8 Å². The van der Waals surface area contributed by atoms with Crippen molar-refractivity contribution in [2.45, 2.75) is 58.0 Å². The van der Waals surface area contributed by atoms with Gasteiger partial charge >= 0.3 is 0 Å². The molecule has 2 nitrogen and oxygen atoms in total. The Morgan fingerprint density at radius 3 is 2.68 bits per heavy atom. The highest BCUT2D eigenvalue weighted by molar-refractivity contribution is 7.98. The number of hydrogen-bond donors (Lipinski definition) is 1. The van der Waals surface area contributed by atoms with Crippen LogP contribution in [0.5, 0.6) is 0 Å². The quantitative estimate of drug-likeness (QED) is 0.723. The zero-order valence-electron chi connectivity index (χ0n) is 13.2. The minimum Gasteiger partial charge on any atom is -0.311 e. The Morgan fingerprint density at radius 1 is 1.37 bits per heavy atom. The van der Waals surface area contributed by atoms with Gasteiger partial charge in [-0.2, -0.15) is 11.8 Å². The molecule has 2 atom stereocenters. The molecule has 0 amide bonds. The zero-order chi connectivity index (χ0) is 13.9. The molecule has 3 heteroatoms. The van der Waals surface area contributed by atoms with E-state index in [1.165, 1.54) is 51.1 Å². The Labute approximate surface area is 124 Å². The lowest BCUT2D eigenvalue weighted by molar-refractivity contribution is 0.0312. The molecule has 2 aliphatic rings. The fourth-order valence-electron chi connectivity index (χ4n) is 3.58. The molecule has 2 rings (SSSR count). The topological polar surface area (TPSA) is 15.3 Å². The van der Waals surface area contributed by atoms with Gasteiger partial charge in [0, 0.05) is 24.7 Å². The normalized spacial score (nSPS) is 33.0. The second-order valence-electron chi connectivity index (χ2n) is 7.13. The van der Waals surface area contributed by atoms with E-state index in [1.54, 1.807) is 0 Å². The third kappa shape index (κ3) is 4.12. The maximum absolute atomic E-state index is 3.84. The van der Waals surface area contributed by atoms with Gasteiger partial charge < -0.3 is 5.32 Å². The average molecular weight is 285 g/mol. The zero-order valence-corrected chi connectivity index (χ0v) is 14.1. The molecule has 1 aliphatic carbocycles. The van der Waals surface area contributed by atoms with E-state index in [0.717, 1.165) is 11.8 Å². The molecule has 0 aromatic heterocycles. The van der Waals surface area contributed by atoms with Gasteiger partial charge in [0.25, 0.3) is 0 Å². The van der Waals surface area contributed by atoms with Gasteiger partial charge in [-0.05, 0) is 63.0 Å². The Kier molecular flexibility index (Phi) is 5.62. The Hall–Kier alpha value is 0.270. The average Bonchev–Trinajstić information content (AvgIpc) is 3.17. The number of piperazine rings is 1. The monoisotopic (exact) mass is 284 g/mol. The van der Waals surface area contributed by atoms with Gasteiger partial charge in [-0.15, -0.1) is 0 Å². The lowest BCUT2D eigenvalue weighted by atomic mass is 9.87. The van der Waals surface area contributed by atoms with Gasteiger partial charge in [0.1, 0.15) is 0 Å². The second kappa shape index (κ2) is 6.82. The van der Waals surface area contributed by atoms with E-state index in [-0.39, 0.29) is 0 Å². The highest BCUT2D eigenvalue weighted by Crippen LogP contribution is 2.44. The molecule has 0 bridgehead atoms. The predicted molar refractivity (Wildman–Crippen MR) is 86.9 cm³/mol. The lowest BCUT2D eigenvalue weighted by Crippen LogP contribution is -2.64. The third-order valence-electron chi connectivity index (χ3n) is 4.90. The van der Waals surface area contributed by atoms with Crippen LogP contribution in [0.1, 0.15) is 46.5 Å². The number of nitrogens with one attached hydrogen (secondary N) is 1. The van der Waals surface area contributed by atoms with Crippen molar-refractivity contribution in [1.29, 1.82) is 0 Å². The molecular weight excluding hydrogens is 252 g/mol. The molecule has 19 heavy (non-hydrogen) atoms. The number of rotatable bonds is 7. The standard InChI is InChI=1S/C16H32N2S/c1-13(2)10-15-11-18(8-5-9-19-4)16(3,12-17-15)14-6-7-14/h13-15,17H,5-12H2,1-4H3. The summed E-state index contributed by atoms with van der Waals surface area (Å²) < 4.78 is 0. The number of thioether (sulfide) groups is 1. The Morgan fingerprint density at radius 2 is 2.11 bits per heavy atom. The van der Waals surface area contributed by atoms with Crippen LogP contribution in [0.15, 0.2) is 0 Å². The van der Waals surface area contributed by atoms with Crippen LogP contribution in [0.25, 0.3) is 0 Å². The van der Waals surface area contributed by atoms with E-state index in [0.29, 0.717) is 11.6 Å². The number of hydrogen-bond acceptors (Lipinski definition) is 3. The Bertz CT molecular complexity index is 278. The molecule has 0 spiro atoms. The van der Waals surface area contributed by atoms with Crippen molar-refractivity contribution in [3.05, 3.63) is 0 Å². The minimum absolute atomic E-state index is 0.436. The lowest BCUT2D eigenvalue weighted by Gasteiger charge is -2.49. The van der Waals surface area contributed by atoms with Crippen molar-refractivity contribution < 1.29 is 0 Å². The fourth-order valence-corrected chi connectivity index (χ4v) is 4.00. The van der Waals surface area contributed by atoms with E-state index in [4.69, 9.17) is 0 Å². The van der Waals surface area contributed by atoms with Crippen molar-refractivity contribution in [2.75, 3.05) is 31.6 Å². The van der Waals surface area contributed by atoms with Crippen LogP contribution in [-0.4, -0.2) is 48.1 Å². The van der Waals surface area contributed by atoms with Crippen molar-refractivity contribution in [1.82, 2.24) is 10.2 Å². The summed E-state index contributed by atoms with van der Waals surface area (Å²) in [6, 6.07) is 0.709. The summed E-state index contributed by atoms with van der Waals surface area (Å²) in [7, 11) is 0. The highest BCUT2D eigenvalue weighted by atomic mass is 32.2. The third-order valence-corrected chi connectivity index (χ3v) is 5.60. The largest absolute Gasteiger partial charge is 0.311 e. The SMILES string of the molecule is CSCCCN1CC(CC(C)C)NCC1(C)C1CC1. The molecule has 0 aromatic rings. The second-order valence-corrected chi connectivity index (χ2v) is 8.12. The molecule has 0 radical (unpaired) electrons. The first-order valence-corrected chi connectivity index (χ1v) is 9.43. The van der Waals surface area contributed by atoms with E-state index < -0.39 is 0 Å². The van der Waals surface area contributed by atoms with Crippen molar-refractivity contribution in [2.24, 2.45) is 11.8 Å². The smallest absolute Gasteiger partial charge is 0.0334 e. The van der Waals surface area contributed by atoms with Gasteiger partial charge in [0.2, 0.25) is 0 Å². The van der Waals surface area contributed by atoms with Crippen molar-refractivity contribution in [3.63, 3.8) is 0 Å². The van der Waals surface area contributed by atoms with Crippen molar-refractivity contribution in [3.8, 4) is 0 Å². The van der Waals surface area contributed by atoms with E-state index in [2.05, 4.69) is 37.2 Å². The molecule has 1 aliphatic heterocycles. The molecule has 2 fully saturated rings. The first kappa shape index (κ1) is 15.7. The fraction of sp³-hybridized carbons (Fsp3) is 1.00. The van der Waals surface area contributed by atoms with E-state index in [9.17, 15) is 0 Å². The summed E-state index contributed by atoms with van der Waals surface area (Å²) in [6.07, 6.45) is 7.79. The summed E-state index contributed by atoms with van der Waals surface area (Å²) in [5, 5.41) is 3.84. The minimum atomic E-state index is 0.436. The first-order chi connectivity index (χ1) is 9.06. The number of nitrogens with zero attached hydrogens (tertiary/aromatic N) is 1. The van der Waals surface area contributed by atoms with Crippen LogP contribution >= 0.6 is 11.8 Å². The molecule has 2 unspecified atom stereocenters. The molecule has 1 saturated heterocycles. The molecule has 1 heterocycles. The van der Waals surface area contributed by atoms with Crippen LogP contribution in [0.3, 0.4) is 0 Å². The van der Waals surface area contributed by atoms with Gasteiger partial charge in [0.05, 0.1) is 0 Å². The molecule has 112 valence electrons. The van der Waals surface area contributed by atoms with Crippen molar-refractivity contribution >= 4 is 11.8 Å². The van der Waals surface area contributed by atoms with Gasteiger partial charge in [-0.25, -0.2) is 0 Å². The summed E-state index contributed by atoms with van der Waals surface area (Å²) in [4.78, 5) is 2.82. The maximum Gasteiger partial charge on any atom is 0.0334 e. The first-order valence-electron chi connectivity index (χ1n) is 8.03. The summed E-state index contributed by atoms with van der Waals surface area (Å²) >= 11 is 1.98. The van der Waals surface area contributed by atoms with Crippen LogP contribution in [0, 0.1) is 11.8 Å². The predicted octanol–water partition coefficient (Wildman–Crippen LogP) is 3.23. The van der Waals surface area contributed by atoms with Gasteiger partial charge in [-0.3, -0.25) is 4.90 Å². The molecular formula is C16H32N2S. The maximum atomic E-state index is 3.84. The molecule has 0 aromatic carbocycles. The van der Waals surface area contributed by atoms with Crippen LogP contribution < -0.4 is 5.32 Å². The molecule has 1 N–H and O–H groups in total. The molecule has 1 saturated carbocycles. The Balaban J connectivity index is 1.93. The highest BCUT2D eigenvalue weighted by Gasteiger charge is 2.47. The van der Waals surface area contributed by atoms with E-state index >= 15 is 0 Å².